The fourth-order valence-corrected chi connectivity index (χ4v) is 2.60. The molecule has 0 saturated heterocycles. The summed E-state index contributed by atoms with van der Waals surface area (Å²) < 4.78 is 0. The molecular weight excluding hydrogens is 360 g/mol. The number of anilines is 1. The highest BCUT2D eigenvalue weighted by molar-refractivity contribution is 5.94. The molecule has 3 amide bonds. The van der Waals surface area contributed by atoms with Crippen molar-refractivity contribution in [1.82, 2.24) is 15.2 Å². The third kappa shape index (κ3) is 5.29. The van der Waals surface area contributed by atoms with Gasteiger partial charge in [-0.2, -0.15) is 0 Å². The van der Waals surface area contributed by atoms with Crippen molar-refractivity contribution in [3.8, 4) is 0 Å². The monoisotopic (exact) mass is 384 g/mol. The summed E-state index contributed by atoms with van der Waals surface area (Å²) in [7, 11) is 0. The van der Waals surface area contributed by atoms with Gasteiger partial charge < -0.3 is 20.6 Å². The van der Waals surface area contributed by atoms with Crippen LogP contribution in [0.2, 0.25) is 0 Å². The number of aromatic carboxylic acids is 1. The van der Waals surface area contributed by atoms with Crippen LogP contribution >= 0.6 is 0 Å². The Hall–Kier alpha value is -3.42. The lowest BCUT2D eigenvalue weighted by atomic mass is 10.1. The minimum absolute atomic E-state index is 0.0369. The van der Waals surface area contributed by atoms with E-state index >= 15 is 0 Å². The number of aromatic nitrogens is 1. The third-order valence-corrected chi connectivity index (χ3v) is 4.26. The number of urea groups is 1. The molecule has 0 aliphatic heterocycles. The summed E-state index contributed by atoms with van der Waals surface area (Å²) in [6, 6.07) is 10.9. The van der Waals surface area contributed by atoms with E-state index in [1.807, 2.05) is 32.9 Å². The summed E-state index contributed by atoms with van der Waals surface area (Å²) in [5.74, 6) is -1.65. The Morgan fingerprint density at radius 3 is 2.21 bits per heavy atom. The molecule has 0 fully saturated rings. The van der Waals surface area contributed by atoms with E-state index in [9.17, 15) is 14.4 Å². The van der Waals surface area contributed by atoms with E-state index in [-0.39, 0.29) is 23.5 Å². The van der Waals surface area contributed by atoms with Gasteiger partial charge in [0.2, 0.25) is 0 Å². The van der Waals surface area contributed by atoms with Crippen molar-refractivity contribution in [3.05, 3.63) is 59.4 Å². The zero-order chi connectivity index (χ0) is 20.7. The van der Waals surface area contributed by atoms with Gasteiger partial charge in [-0.1, -0.05) is 18.2 Å². The third-order valence-electron chi connectivity index (χ3n) is 4.26. The van der Waals surface area contributed by atoms with Gasteiger partial charge in [0.25, 0.3) is 5.91 Å². The normalized spacial score (nSPS) is 11.4. The smallest absolute Gasteiger partial charge is 0.354 e. The predicted octanol–water partition coefficient (Wildman–Crippen LogP) is 3.14. The van der Waals surface area contributed by atoms with E-state index in [4.69, 9.17) is 5.11 Å². The second kappa shape index (κ2) is 9.50. The van der Waals surface area contributed by atoms with Crippen LogP contribution in [0, 0.1) is 0 Å². The molecule has 0 bridgehead atoms. The number of hydrogen-bond donors (Lipinski definition) is 3. The van der Waals surface area contributed by atoms with Crippen LogP contribution < -0.4 is 10.6 Å². The number of rotatable bonds is 7. The van der Waals surface area contributed by atoms with Crippen LogP contribution in [-0.4, -0.2) is 46.0 Å². The Balaban J connectivity index is 2.01. The van der Waals surface area contributed by atoms with Crippen molar-refractivity contribution in [2.24, 2.45) is 0 Å². The number of hydrogen-bond acceptors (Lipinski definition) is 4. The van der Waals surface area contributed by atoms with E-state index in [0.717, 1.165) is 5.56 Å². The van der Waals surface area contributed by atoms with Crippen LogP contribution in [-0.2, 0) is 0 Å². The van der Waals surface area contributed by atoms with Crippen molar-refractivity contribution < 1.29 is 19.5 Å². The van der Waals surface area contributed by atoms with Gasteiger partial charge in [-0.3, -0.25) is 4.79 Å². The Labute approximate surface area is 163 Å². The molecule has 0 radical (unpaired) electrons. The van der Waals surface area contributed by atoms with Crippen LogP contribution in [0.15, 0.2) is 42.5 Å². The zero-order valence-electron chi connectivity index (χ0n) is 16.1. The minimum Gasteiger partial charge on any atom is -0.477 e. The molecule has 8 heteroatoms. The SMILES string of the molecule is CCN(CC)C(=O)Nc1ccc(C(C)NC(=O)c2cccc(C(=O)O)n2)cc1. The van der Waals surface area contributed by atoms with E-state index in [2.05, 4.69) is 15.6 Å². The molecule has 8 nitrogen and oxygen atoms in total. The molecule has 0 aliphatic carbocycles. The molecule has 1 heterocycles. The number of carbonyl (C=O) groups is 3. The Kier molecular flexibility index (Phi) is 7.08. The molecule has 0 spiro atoms. The molecule has 1 atom stereocenters. The average molecular weight is 384 g/mol. The van der Waals surface area contributed by atoms with Gasteiger partial charge in [-0.25, -0.2) is 14.6 Å². The first-order valence-electron chi connectivity index (χ1n) is 9.02. The van der Waals surface area contributed by atoms with Crippen LogP contribution in [0.4, 0.5) is 10.5 Å². The molecule has 1 unspecified atom stereocenters. The second-order valence-corrected chi connectivity index (χ2v) is 6.13. The summed E-state index contributed by atoms with van der Waals surface area (Å²) in [6.07, 6.45) is 0. The van der Waals surface area contributed by atoms with Gasteiger partial charge in [0.1, 0.15) is 11.4 Å². The van der Waals surface area contributed by atoms with E-state index in [0.29, 0.717) is 18.8 Å². The van der Waals surface area contributed by atoms with Crippen molar-refractivity contribution in [2.75, 3.05) is 18.4 Å². The summed E-state index contributed by atoms with van der Waals surface area (Å²) >= 11 is 0. The second-order valence-electron chi connectivity index (χ2n) is 6.13. The molecule has 1 aromatic carbocycles. The van der Waals surface area contributed by atoms with Crippen molar-refractivity contribution >= 4 is 23.6 Å². The number of pyridine rings is 1. The van der Waals surface area contributed by atoms with Gasteiger partial charge in [0, 0.05) is 18.8 Å². The maximum absolute atomic E-state index is 12.3. The highest BCUT2D eigenvalue weighted by Crippen LogP contribution is 2.17. The lowest BCUT2D eigenvalue weighted by Crippen LogP contribution is -2.34. The van der Waals surface area contributed by atoms with Gasteiger partial charge in [0.15, 0.2) is 0 Å². The molecule has 3 N–H and O–H groups in total. The van der Waals surface area contributed by atoms with Crippen molar-refractivity contribution in [3.63, 3.8) is 0 Å². The molecule has 28 heavy (non-hydrogen) atoms. The minimum atomic E-state index is -1.19. The lowest BCUT2D eigenvalue weighted by Gasteiger charge is -2.19. The molecule has 0 saturated carbocycles. The van der Waals surface area contributed by atoms with Crippen LogP contribution in [0.1, 0.15) is 53.4 Å². The summed E-state index contributed by atoms with van der Waals surface area (Å²) in [5.41, 5.74) is 1.35. The first-order chi connectivity index (χ1) is 13.3. The summed E-state index contributed by atoms with van der Waals surface area (Å²) in [5, 5.41) is 14.6. The molecule has 2 aromatic rings. The molecule has 1 aromatic heterocycles. The van der Waals surface area contributed by atoms with Gasteiger partial charge in [-0.05, 0) is 50.6 Å². The van der Waals surface area contributed by atoms with Gasteiger partial charge in [-0.15, -0.1) is 0 Å². The molecule has 148 valence electrons. The largest absolute Gasteiger partial charge is 0.477 e. The topological polar surface area (TPSA) is 112 Å². The summed E-state index contributed by atoms with van der Waals surface area (Å²) in [6.45, 7) is 6.89. The van der Waals surface area contributed by atoms with Crippen LogP contribution in [0.25, 0.3) is 0 Å². The Morgan fingerprint density at radius 2 is 1.64 bits per heavy atom. The van der Waals surface area contributed by atoms with E-state index < -0.39 is 11.9 Å². The highest BCUT2D eigenvalue weighted by Gasteiger charge is 2.15. The van der Waals surface area contributed by atoms with Crippen molar-refractivity contribution in [2.45, 2.75) is 26.8 Å². The maximum Gasteiger partial charge on any atom is 0.354 e. The first-order valence-corrected chi connectivity index (χ1v) is 9.02. The predicted molar refractivity (Wildman–Crippen MR) is 105 cm³/mol. The number of amides is 3. The average Bonchev–Trinajstić information content (AvgIpc) is 2.69. The fraction of sp³-hybridized carbons (Fsp3) is 0.300. The molecule has 0 aliphatic rings. The standard InChI is InChI=1S/C20H24N4O4/c1-4-24(5-2)20(28)22-15-11-9-14(10-12-15)13(3)21-18(25)16-7-6-8-17(23-16)19(26)27/h6-13H,4-5H2,1-3H3,(H,21,25)(H,22,28)(H,26,27). The fourth-order valence-electron chi connectivity index (χ4n) is 2.60. The number of carboxylic acids is 1. The number of nitrogens with one attached hydrogen (secondary N) is 2. The van der Waals surface area contributed by atoms with E-state index in [1.165, 1.54) is 18.2 Å². The number of benzene rings is 1. The lowest BCUT2D eigenvalue weighted by molar-refractivity contribution is 0.0690. The number of carboxylic acid groups (broad SMARTS) is 1. The quantitative estimate of drug-likeness (QED) is 0.679. The number of nitrogens with zero attached hydrogens (tertiary/aromatic N) is 2. The van der Waals surface area contributed by atoms with Gasteiger partial charge in [0.05, 0.1) is 6.04 Å². The Bertz CT molecular complexity index is 848. The van der Waals surface area contributed by atoms with E-state index in [1.54, 1.807) is 17.0 Å². The van der Waals surface area contributed by atoms with Crippen LogP contribution in [0.3, 0.4) is 0 Å². The zero-order valence-corrected chi connectivity index (χ0v) is 16.1. The van der Waals surface area contributed by atoms with Crippen molar-refractivity contribution in [1.29, 1.82) is 0 Å². The molecule has 2 rings (SSSR count). The van der Waals surface area contributed by atoms with Gasteiger partial charge >= 0.3 is 12.0 Å². The number of carbonyl (C=O) groups excluding carboxylic acids is 2. The van der Waals surface area contributed by atoms with Crippen LogP contribution in [0.5, 0.6) is 0 Å². The Morgan fingerprint density at radius 1 is 1.04 bits per heavy atom. The maximum atomic E-state index is 12.3. The molecular formula is C20H24N4O4. The highest BCUT2D eigenvalue weighted by atomic mass is 16.4. The first kappa shape index (κ1) is 20.9. The summed E-state index contributed by atoms with van der Waals surface area (Å²) in [4.78, 5) is 40.9.